The second-order valence-corrected chi connectivity index (χ2v) is 3.04. The van der Waals surface area contributed by atoms with Gasteiger partial charge in [-0.15, -0.1) is 0 Å². The Morgan fingerprint density at radius 1 is 1.60 bits per heavy atom. The van der Waals surface area contributed by atoms with E-state index in [1.165, 1.54) is 0 Å². The van der Waals surface area contributed by atoms with Gasteiger partial charge in [0, 0.05) is 0 Å². The van der Waals surface area contributed by atoms with Gasteiger partial charge in [0.25, 0.3) is 0 Å². The molecule has 0 spiro atoms. The third kappa shape index (κ3) is 0.796. The van der Waals surface area contributed by atoms with Gasteiger partial charge in [0.2, 0.25) is 5.24 Å². The molecule has 2 rings (SSSR count). The Labute approximate surface area is 63.8 Å². The van der Waals surface area contributed by atoms with Gasteiger partial charge in [0.05, 0.1) is 18.1 Å². The van der Waals surface area contributed by atoms with Gasteiger partial charge in [-0.3, -0.25) is 4.79 Å². The number of hydrogen-bond donors (Lipinski definition) is 0. The van der Waals surface area contributed by atoms with E-state index in [0.717, 1.165) is 6.42 Å². The van der Waals surface area contributed by atoms with Crippen LogP contribution in [0.3, 0.4) is 0 Å². The van der Waals surface area contributed by atoms with Gasteiger partial charge in [0.1, 0.15) is 0 Å². The molecular formula is C7H7ClO2. The van der Waals surface area contributed by atoms with Crippen LogP contribution in [0.4, 0.5) is 0 Å². The minimum Gasteiger partial charge on any atom is -0.366 e. The van der Waals surface area contributed by atoms with Crippen molar-refractivity contribution in [2.75, 3.05) is 0 Å². The molecule has 54 valence electrons. The van der Waals surface area contributed by atoms with Crippen molar-refractivity contribution in [2.45, 2.75) is 18.6 Å². The lowest BCUT2D eigenvalue weighted by molar-refractivity contribution is -0.115. The van der Waals surface area contributed by atoms with Crippen molar-refractivity contribution >= 4 is 16.8 Å². The van der Waals surface area contributed by atoms with Crippen LogP contribution in [-0.4, -0.2) is 17.5 Å². The highest BCUT2D eigenvalue weighted by atomic mass is 35.5. The van der Waals surface area contributed by atoms with Crippen LogP contribution in [0.25, 0.3) is 0 Å². The van der Waals surface area contributed by atoms with E-state index >= 15 is 0 Å². The molecule has 1 saturated heterocycles. The molecule has 0 aromatic heterocycles. The van der Waals surface area contributed by atoms with E-state index in [-0.39, 0.29) is 23.4 Å². The van der Waals surface area contributed by atoms with Gasteiger partial charge >= 0.3 is 0 Å². The quantitative estimate of drug-likeness (QED) is 0.422. The van der Waals surface area contributed by atoms with Gasteiger partial charge in [-0.1, -0.05) is 12.2 Å². The molecule has 0 radical (unpaired) electrons. The summed E-state index contributed by atoms with van der Waals surface area (Å²) in [5.74, 6) is -0.0864. The van der Waals surface area contributed by atoms with Crippen molar-refractivity contribution in [3.8, 4) is 0 Å². The Hall–Kier alpha value is -0.340. The number of halogens is 1. The summed E-state index contributed by atoms with van der Waals surface area (Å²) in [6, 6.07) is 0. The molecule has 2 aliphatic rings. The minimum atomic E-state index is -0.267. The number of rotatable bonds is 1. The Kier molecular flexibility index (Phi) is 1.32. The van der Waals surface area contributed by atoms with Crippen LogP contribution in [0.1, 0.15) is 6.42 Å². The van der Waals surface area contributed by atoms with E-state index in [4.69, 9.17) is 16.3 Å². The van der Waals surface area contributed by atoms with E-state index in [1.54, 1.807) is 0 Å². The monoisotopic (exact) mass is 158 g/mol. The van der Waals surface area contributed by atoms with Gasteiger partial charge in [-0.05, 0) is 18.0 Å². The normalized spacial score (nSPS) is 42.7. The fraction of sp³-hybridized carbons (Fsp3) is 0.571. The largest absolute Gasteiger partial charge is 0.366 e. The highest BCUT2D eigenvalue weighted by Gasteiger charge is 2.40. The number of carbonyl (C=O) groups is 1. The molecular weight excluding hydrogens is 152 g/mol. The van der Waals surface area contributed by atoms with E-state index in [9.17, 15) is 4.79 Å². The van der Waals surface area contributed by atoms with Crippen LogP contribution in [0.15, 0.2) is 12.2 Å². The topological polar surface area (TPSA) is 26.3 Å². The summed E-state index contributed by atoms with van der Waals surface area (Å²) in [4.78, 5) is 10.7. The molecule has 0 saturated carbocycles. The SMILES string of the molecule is O=C(Cl)[C@@H]1C[C@@H]2C=C[C@H]1O2. The molecule has 0 N–H and O–H groups in total. The summed E-state index contributed by atoms with van der Waals surface area (Å²) in [6.07, 6.45) is 4.79. The van der Waals surface area contributed by atoms with Crippen LogP contribution in [0, 0.1) is 5.92 Å². The average Bonchev–Trinajstić information content (AvgIpc) is 2.44. The van der Waals surface area contributed by atoms with E-state index < -0.39 is 0 Å². The molecule has 2 aliphatic heterocycles. The lowest BCUT2D eigenvalue weighted by atomic mass is 9.96. The molecule has 3 heteroatoms. The van der Waals surface area contributed by atoms with Gasteiger partial charge in [0.15, 0.2) is 0 Å². The smallest absolute Gasteiger partial charge is 0.227 e. The van der Waals surface area contributed by atoms with Crippen LogP contribution in [-0.2, 0) is 9.53 Å². The Morgan fingerprint density at radius 2 is 2.40 bits per heavy atom. The first-order valence-electron chi connectivity index (χ1n) is 3.30. The zero-order valence-electron chi connectivity index (χ0n) is 5.29. The Balaban J connectivity index is 2.16. The summed E-state index contributed by atoms with van der Waals surface area (Å²) in [6.45, 7) is 0. The summed E-state index contributed by atoms with van der Waals surface area (Å²) in [7, 11) is 0. The average molecular weight is 159 g/mol. The third-order valence-corrected chi connectivity index (χ3v) is 2.30. The summed E-state index contributed by atoms with van der Waals surface area (Å²) >= 11 is 5.33. The zero-order valence-corrected chi connectivity index (χ0v) is 6.04. The van der Waals surface area contributed by atoms with Crippen LogP contribution >= 0.6 is 11.6 Å². The maximum absolute atomic E-state index is 10.7. The van der Waals surface area contributed by atoms with Crippen LogP contribution < -0.4 is 0 Å². The fourth-order valence-corrected chi connectivity index (χ4v) is 1.71. The van der Waals surface area contributed by atoms with Crippen molar-refractivity contribution in [1.82, 2.24) is 0 Å². The van der Waals surface area contributed by atoms with Crippen molar-refractivity contribution in [1.29, 1.82) is 0 Å². The zero-order chi connectivity index (χ0) is 7.14. The van der Waals surface area contributed by atoms with Crippen molar-refractivity contribution in [2.24, 2.45) is 5.92 Å². The molecule has 1 fully saturated rings. The molecule has 2 bridgehead atoms. The minimum absolute atomic E-state index is 0.0324. The highest BCUT2D eigenvalue weighted by molar-refractivity contribution is 6.64. The summed E-state index contributed by atoms with van der Waals surface area (Å²) in [5, 5.41) is -0.267. The first-order valence-corrected chi connectivity index (χ1v) is 3.68. The van der Waals surface area contributed by atoms with Crippen LogP contribution in [0.2, 0.25) is 0 Å². The second kappa shape index (κ2) is 2.07. The molecule has 10 heavy (non-hydrogen) atoms. The first-order chi connectivity index (χ1) is 4.77. The van der Waals surface area contributed by atoms with E-state index in [2.05, 4.69) is 0 Å². The first kappa shape index (κ1) is 6.38. The summed E-state index contributed by atoms with van der Waals surface area (Å²) in [5.41, 5.74) is 0. The van der Waals surface area contributed by atoms with Gasteiger partial charge in [-0.2, -0.15) is 0 Å². The molecule has 0 aliphatic carbocycles. The highest BCUT2D eigenvalue weighted by Crippen LogP contribution is 2.34. The molecule has 2 heterocycles. The molecule has 3 atom stereocenters. The lowest BCUT2D eigenvalue weighted by Crippen LogP contribution is -2.18. The molecule has 0 aromatic carbocycles. The molecule has 2 nitrogen and oxygen atoms in total. The predicted molar refractivity (Wildman–Crippen MR) is 36.8 cm³/mol. The number of fused-ring (bicyclic) bond motifs is 2. The Bertz CT molecular complexity index is 200. The van der Waals surface area contributed by atoms with E-state index in [0.29, 0.717) is 0 Å². The molecule has 0 aromatic rings. The molecule has 0 amide bonds. The van der Waals surface area contributed by atoms with Crippen LogP contribution in [0.5, 0.6) is 0 Å². The third-order valence-electron chi connectivity index (χ3n) is 2.02. The van der Waals surface area contributed by atoms with Crippen molar-refractivity contribution in [3.63, 3.8) is 0 Å². The Morgan fingerprint density at radius 3 is 2.70 bits per heavy atom. The van der Waals surface area contributed by atoms with Gasteiger partial charge in [-0.25, -0.2) is 0 Å². The standard InChI is InChI=1S/C7H7ClO2/c8-7(9)5-3-4-1-2-6(5)10-4/h1-2,4-6H,3H2/t4-,5+,6+/m0/s1. The second-order valence-electron chi connectivity index (χ2n) is 2.67. The van der Waals surface area contributed by atoms with Crippen molar-refractivity contribution < 1.29 is 9.53 Å². The number of ether oxygens (including phenoxy) is 1. The predicted octanol–water partition coefficient (Wildman–Crippen LogP) is 1.10. The lowest BCUT2D eigenvalue weighted by Gasteiger charge is -2.08. The van der Waals surface area contributed by atoms with E-state index in [1.807, 2.05) is 12.2 Å². The molecule has 0 unspecified atom stereocenters. The fourth-order valence-electron chi connectivity index (χ4n) is 1.50. The van der Waals surface area contributed by atoms with Gasteiger partial charge < -0.3 is 4.74 Å². The van der Waals surface area contributed by atoms with Crippen molar-refractivity contribution in [3.05, 3.63) is 12.2 Å². The summed E-state index contributed by atoms with van der Waals surface area (Å²) < 4.78 is 5.33. The number of carbonyl (C=O) groups excluding carboxylic acids is 1. The number of hydrogen-bond acceptors (Lipinski definition) is 2. The maximum atomic E-state index is 10.7. The maximum Gasteiger partial charge on any atom is 0.227 e.